The fourth-order valence-electron chi connectivity index (χ4n) is 0.598. The minimum absolute atomic E-state index is 0.302. The highest BCUT2D eigenvalue weighted by Gasteiger charge is 1.99. The largest absolute Gasteiger partial charge is 0.229 e. The van der Waals surface area contributed by atoms with Gasteiger partial charge in [-0.3, -0.25) is 0 Å². The number of alkyl halides is 1. The van der Waals surface area contributed by atoms with Crippen LogP contribution in [0.4, 0.5) is 4.39 Å². The summed E-state index contributed by atoms with van der Waals surface area (Å²) in [6, 6.07) is 1.39. The molecular weight excluding hydrogens is 187 g/mol. The molecule has 0 saturated carbocycles. The zero-order chi connectivity index (χ0) is 6.85. The predicted octanol–water partition coefficient (Wildman–Crippen LogP) is 1.68. The van der Waals surface area contributed by atoms with Crippen LogP contribution in [0.3, 0.4) is 0 Å². The molecule has 9 heavy (non-hydrogen) atoms. The monoisotopic (exact) mass is 192 g/mol. The fraction of sp³-hybridized carbons (Fsp3) is 0.400. The first-order valence-corrected chi connectivity index (χ1v) is 3.62. The topological polar surface area (TPSA) is 17.8 Å². The first-order valence-electron chi connectivity index (χ1n) is 2.50. The van der Waals surface area contributed by atoms with E-state index in [4.69, 9.17) is 0 Å². The van der Waals surface area contributed by atoms with Crippen molar-refractivity contribution in [3.63, 3.8) is 0 Å². The van der Waals surface area contributed by atoms with Crippen molar-refractivity contribution in [3.8, 4) is 0 Å². The van der Waals surface area contributed by atoms with Crippen molar-refractivity contribution in [2.45, 2.75) is 12.4 Å². The van der Waals surface area contributed by atoms with Crippen LogP contribution in [0.1, 0.15) is 5.69 Å². The molecule has 0 N–H and O–H groups in total. The summed E-state index contributed by atoms with van der Waals surface area (Å²) in [7, 11) is 0. The van der Waals surface area contributed by atoms with Crippen LogP contribution in [0.5, 0.6) is 0 Å². The molecule has 0 aromatic carbocycles. The molecule has 0 bridgehead atoms. The Kier molecular flexibility index (Phi) is 1.85. The first kappa shape index (κ1) is 6.74. The number of aryl methyl sites for hydroxylation is 1. The number of hydrogen-bond donors (Lipinski definition) is 0. The van der Waals surface area contributed by atoms with Crippen molar-refractivity contribution in [2.24, 2.45) is 0 Å². The van der Waals surface area contributed by atoms with Gasteiger partial charge in [-0.25, -0.2) is 4.68 Å². The SMILES string of the molecule is Cc1cc(F)n(CBr)n1. The third kappa shape index (κ3) is 1.30. The van der Waals surface area contributed by atoms with E-state index in [9.17, 15) is 4.39 Å². The Hall–Kier alpha value is -0.380. The summed E-state index contributed by atoms with van der Waals surface area (Å²) in [6.45, 7) is 1.75. The molecule has 1 rings (SSSR count). The maximum Gasteiger partial charge on any atom is 0.212 e. The van der Waals surface area contributed by atoms with Crippen molar-refractivity contribution < 1.29 is 4.39 Å². The Bertz CT molecular complexity index is 209. The van der Waals surface area contributed by atoms with Gasteiger partial charge in [0.25, 0.3) is 0 Å². The summed E-state index contributed by atoms with van der Waals surface area (Å²) in [5.74, 6) is -0.302. The van der Waals surface area contributed by atoms with E-state index < -0.39 is 0 Å². The Morgan fingerprint density at radius 2 is 2.56 bits per heavy atom. The summed E-state index contributed by atoms with van der Waals surface area (Å²) >= 11 is 3.08. The van der Waals surface area contributed by atoms with E-state index in [1.165, 1.54) is 10.7 Å². The molecule has 0 aliphatic heterocycles. The number of hydrogen-bond acceptors (Lipinski definition) is 1. The van der Waals surface area contributed by atoms with E-state index in [2.05, 4.69) is 21.0 Å². The molecule has 1 aromatic rings. The van der Waals surface area contributed by atoms with Crippen molar-refractivity contribution in [3.05, 3.63) is 17.7 Å². The van der Waals surface area contributed by atoms with E-state index in [0.717, 1.165) is 0 Å². The Morgan fingerprint density at radius 1 is 1.89 bits per heavy atom. The van der Waals surface area contributed by atoms with E-state index >= 15 is 0 Å². The number of aromatic nitrogens is 2. The highest BCUT2D eigenvalue weighted by atomic mass is 79.9. The maximum absolute atomic E-state index is 12.5. The van der Waals surface area contributed by atoms with Gasteiger partial charge in [0.05, 0.1) is 11.1 Å². The quantitative estimate of drug-likeness (QED) is 0.620. The van der Waals surface area contributed by atoms with Gasteiger partial charge < -0.3 is 0 Å². The zero-order valence-electron chi connectivity index (χ0n) is 4.93. The van der Waals surface area contributed by atoms with Crippen molar-refractivity contribution in [2.75, 3.05) is 0 Å². The average Bonchev–Trinajstić information content (AvgIpc) is 2.10. The summed E-state index contributed by atoms with van der Waals surface area (Å²) in [5, 5.41) is 3.82. The van der Waals surface area contributed by atoms with Crippen LogP contribution in [0.2, 0.25) is 0 Å². The van der Waals surface area contributed by atoms with Gasteiger partial charge in [0.15, 0.2) is 0 Å². The molecular formula is C5H6BrFN2. The lowest BCUT2D eigenvalue weighted by molar-refractivity contribution is 0.501. The molecule has 4 heteroatoms. The molecule has 0 fully saturated rings. The van der Waals surface area contributed by atoms with E-state index in [-0.39, 0.29) is 5.95 Å². The van der Waals surface area contributed by atoms with Gasteiger partial charge >= 0.3 is 0 Å². The summed E-state index contributed by atoms with van der Waals surface area (Å²) in [6.07, 6.45) is 0. The highest BCUT2D eigenvalue weighted by molar-refractivity contribution is 9.08. The number of nitrogens with zero attached hydrogens (tertiary/aromatic N) is 2. The Labute approximate surface area is 60.8 Å². The molecule has 2 nitrogen and oxygen atoms in total. The van der Waals surface area contributed by atoms with Gasteiger partial charge in [-0.15, -0.1) is 0 Å². The molecule has 0 saturated heterocycles. The summed E-state index contributed by atoms with van der Waals surface area (Å²) < 4.78 is 13.7. The second kappa shape index (κ2) is 2.47. The minimum Gasteiger partial charge on any atom is -0.229 e. The van der Waals surface area contributed by atoms with Crippen LogP contribution in [0, 0.1) is 12.9 Å². The zero-order valence-corrected chi connectivity index (χ0v) is 6.52. The van der Waals surface area contributed by atoms with Gasteiger partial charge in [-0.1, -0.05) is 15.9 Å². The van der Waals surface area contributed by atoms with Crippen LogP contribution in [0.25, 0.3) is 0 Å². The molecule has 0 radical (unpaired) electrons. The predicted molar refractivity (Wildman–Crippen MR) is 35.8 cm³/mol. The molecule has 0 unspecified atom stereocenters. The maximum atomic E-state index is 12.5. The van der Waals surface area contributed by atoms with Gasteiger partial charge in [-0.05, 0) is 6.92 Å². The lowest BCUT2D eigenvalue weighted by Gasteiger charge is -1.90. The van der Waals surface area contributed by atoms with Gasteiger partial charge in [0, 0.05) is 6.07 Å². The van der Waals surface area contributed by atoms with Crippen molar-refractivity contribution in [1.82, 2.24) is 9.78 Å². The molecule has 1 heterocycles. The molecule has 1 aromatic heterocycles. The molecule has 0 aliphatic rings. The van der Waals surface area contributed by atoms with Gasteiger partial charge in [-0.2, -0.15) is 9.49 Å². The standard InChI is InChI=1S/C5H6BrFN2/c1-4-2-5(7)9(3-6)8-4/h2H,3H2,1H3. The van der Waals surface area contributed by atoms with Crippen LogP contribution in [-0.4, -0.2) is 9.78 Å². The van der Waals surface area contributed by atoms with E-state index in [1.54, 1.807) is 6.92 Å². The second-order valence-corrected chi connectivity index (χ2v) is 2.23. The highest BCUT2D eigenvalue weighted by Crippen LogP contribution is 2.02. The fourth-order valence-corrected chi connectivity index (χ4v) is 0.949. The number of halogens is 2. The van der Waals surface area contributed by atoms with Crippen LogP contribution >= 0.6 is 15.9 Å². The van der Waals surface area contributed by atoms with E-state index in [1.807, 2.05) is 0 Å². The Balaban J connectivity index is 3.01. The molecule has 0 spiro atoms. The summed E-state index contributed by atoms with van der Waals surface area (Å²) in [5.41, 5.74) is 1.11. The second-order valence-electron chi connectivity index (χ2n) is 1.73. The molecule has 0 atom stereocenters. The molecule has 50 valence electrons. The Morgan fingerprint density at radius 3 is 2.78 bits per heavy atom. The lowest BCUT2D eigenvalue weighted by atomic mass is 10.5. The van der Waals surface area contributed by atoms with Gasteiger partial charge in [0.1, 0.15) is 0 Å². The average molecular weight is 193 g/mol. The normalized spacial score (nSPS) is 10.1. The molecule has 0 aliphatic carbocycles. The third-order valence-electron chi connectivity index (χ3n) is 0.966. The number of rotatable bonds is 1. The minimum atomic E-state index is -0.302. The van der Waals surface area contributed by atoms with Crippen molar-refractivity contribution >= 4 is 15.9 Å². The van der Waals surface area contributed by atoms with Gasteiger partial charge in [0.2, 0.25) is 5.95 Å². The third-order valence-corrected chi connectivity index (χ3v) is 1.44. The van der Waals surface area contributed by atoms with Crippen molar-refractivity contribution in [1.29, 1.82) is 0 Å². The van der Waals surface area contributed by atoms with Crippen LogP contribution in [0.15, 0.2) is 6.07 Å². The van der Waals surface area contributed by atoms with E-state index in [0.29, 0.717) is 11.1 Å². The lowest BCUT2D eigenvalue weighted by Crippen LogP contribution is -1.96. The van der Waals surface area contributed by atoms with Crippen LogP contribution in [-0.2, 0) is 5.45 Å². The first-order chi connectivity index (χ1) is 4.24. The molecule has 0 amide bonds. The smallest absolute Gasteiger partial charge is 0.212 e. The summed E-state index contributed by atoms with van der Waals surface area (Å²) in [4.78, 5) is 0. The van der Waals surface area contributed by atoms with Crippen LogP contribution < -0.4 is 0 Å².